The highest BCUT2D eigenvalue weighted by atomic mass is 35.5. The van der Waals surface area contributed by atoms with E-state index in [-0.39, 0.29) is 18.3 Å². The monoisotopic (exact) mass is 269 g/mol. The lowest BCUT2D eigenvalue weighted by Gasteiger charge is -2.15. The molecule has 0 saturated carbocycles. The summed E-state index contributed by atoms with van der Waals surface area (Å²) >= 11 is 0. The molecule has 1 atom stereocenters. The number of nitrogens with one attached hydrogen (secondary N) is 1. The minimum absolute atomic E-state index is 0. The van der Waals surface area contributed by atoms with Gasteiger partial charge in [-0.15, -0.1) is 12.4 Å². The summed E-state index contributed by atoms with van der Waals surface area (Å²) in [5, 5.41) is 3.30. The Morgan fingerprint density at radius 1 is 1.44 bits per heavy atom. The van der Waals surface area contributed by atoms with Crippen molar-refractivity contribution < 1.29 is 4.79 Å². The number of rotatable bonds is 4. The third-order valence-electron chi connectivity index (χ3n) is 3.33. The fourth-order valence-corrected chi connectivity index (χ4v) is 2.24. The van der Waals surface area contributed by atoms with Crippen molar-refractivity contribution in [2.24, 2.45) is 5.73 Å². The Labute approximate surface area is 114 Å². The van der Waals surface area contributed by atoms with Gasteiger partial charge in [0.2, 0.25) is 5.91 Å². The molecule has 0 bridgehead atoms. The summed E-state index contributed by atoms with van der Waals surface area (Å²) in [5.41, 5.74) is 7.01. The van der Waals surface area contributed by atoms with Crippen LogP contribution in [0.5, 0.6) is 0 Å². The Morgan fingerprint density at radius 2 is 2.11 bits per heavy atom. The molecule has 1 aromatic carbocycles. The first-order valence-corrected chi connectivity index (χ1v) is 5.97. The number of hydrogen-bond acceptors (Lipinski definition) is 3. The van der Waals surface area contributed by atoms with E-state index in [4.69, 9.17) is 5.73 Å². The van der Waals surface area contributed by atoms with Crippen LogP contribution in [0.15, 0.2) is 24.3 Å². The van der Waals surface area contributed by atoms with Gasteiger partial charge < -0.3 is 11.1 Å². The predicted molar refractivity (Wildman–Crippen MR) is 74.9 cm³/mol. The number of primary amides is 1. The summed E-state index contributed by atoms with van der Waals surface area (Å²) in [6.07, 6.45) is 1.20. The van der Waals surface area contributed by atoms with E-state index in [1.54, 1.807) is 12.1 Å². The summed E-state index contributed by atoms with van der Waals surface area (Å²) in [4.78, 5) is 13.4. The average Bonchev–Trinajstić information content (AvgIpc) is 2.77. The van der Waals surface area contributed by atoms with Crippen LogP contribution in [-0.4, -0.2) is 37.0 Å². The summed E-state index contributed by atoms with van der Waals surface area (Å²) in [6.45, 7) is 3.16. The lowest BCUT2D eigenvalue weighted by molar-refractivity contribution is 0.100. The van der Waals surface area contributed by atoms with E-state index >= 15 is 0 Å². The first kappa shape index (κ1) is 15.0. The molecule has 1 heterocycles. The van der Waals surface area contributed by atoms with Gasteiger partial charge in [-0.3, -0.25) is 9.69 Å². The number of halogens is 1. The van der Waals surface area contributed by atoms with Crippen LogP contribution in [0, 0.1) is 0 Å². The van der Waals surface area contributed by atoms with Gasteiger partial charge in [0.15, 0.2) is 0 Å². The van der Waals surface area contributed by atoms with E-state index in [0.717, 1.165) is 19.6 Å². The first-order valence-electron chi connectivity index (χ1n) is 5.97. The average molecular weight is 270 g/mol. The normalized spacial score (nSPS) is 19.5. The summed E-state index contributed by atoms with van der Waals surface area (Å²) in [7, 11) is 2.01. The number of amides is 1. The number of nitrogens with zero attached hydrogens (tertiary/aromatic N) is 1. The van der Waals surface area contributed by atoms with Crippen molar-refractivity contribution in [1.82, 2.24) is 10.2 Å². The predicted octanol–water partition coefficient (Wildman–Crippen LogP) is 1.00. The fraction of sp³-hybridized carbons (Fsp3) is 0.462. The molecule has 1 fully saturated rings. The van der Waals surface area contributed by atoms with Gasteiger partial charge in [0, 0.05) is 31.2 Å². The van der Waals surface area contributed by atoms with Crippen LogP contribution in [0.4, 0.5) is 0 Å². The number of likely N-dealkylation sites (N-methyl/N-ethyl adjacent to an activating group) is 1. The minimum atomic E-state index is -0.368. The van der Waals surface area contributed by atoms with Crippen molar-refractivity contribution in [2.75, 3.05) is 20.1 Å². The molecule has 0 aromatic heterocycles. The molecule has 0 aliphatic carbocycles. The quantitative estimate of drug-likeness (QED) is 0.857. The molecule has 1 saturated heterocycles. The Hall–Kier alpha value is -1.10. The molecule has 4 nitrogen and oxygen atoms in total. The van der Waals surface area contributed by atoms with Gasteiger partial charge in [-0.05, 0) is 31.2 Å². The molecule has 1 aliphatic heterocycles. The number of carbonyl (C=O) groups excluding carboxylic acids is 1. The van der Waals surface area contributed by atoms with Crippen molar-refractivity contribution in [3.63, 3.8) is 0 Å². The van der Waals surface area contributed by atoms with Crippen LogP contribution in [0.3, 0.4) is 0 Å². The van der Waals surface area contributed by atoms with Crippen molar-refractivity contribution in [3.05, 3.63) is 35.4 Å². The summed E-state index contributed by atoms with van der Waals surface area (Å²) in [5.74, 6) is -0.368. The lowest BCUT2D eigenvalue weighted by atomic mass is 10.1. The molecule has 3 N–H and O–H groups in total. The Bertz CT molecular complexity index is 394. The molecular formula is C13H20ClN3O. The number of carbonyl (C=O) groups is 1. The van der Waals surface area contributed by atoms with Crippen LogP contribution in [0.1, 0.15) is 22.3 Å². The summed E-state index contributed by atoms with van der Waals surface area (Å²) < 4.78 is 0. The van der Waals surface area contributed by atoms with E-state index in [1.165, 1.54) is 12.0 Å². The third-order valence-corrected chi connectivity index (χ3v) is 3.33. The van der Waals surface area contributed by atoms with Crippen LogP contribution in [0.25, 0.3) is 0 Å². The second-order valence-corrected chi connectivity index (χ2v) is 4.57. The number of nitrogens with two attached hydrogens (primary N) is 1. The number of hydrogen-bond donors (Lipinski definition) is 2. The SMILES string of the molecule is CNC1CCN(Cc2ccc(C(N)=O)cc2)C1.Cl. The second kappa shape index (κ2) is 6.73. The zero-order valence-corrected chi connectivity index (χ0v) is 11.4. The molecule has 18 heavy (non-hydrogen) atoms. The van der Waals surface area contributed by atoms with Crippen LogP contribution in [-0.2, 0) is 6.54 Å². The molecule has 1 unspecified atom stereocenters. The van der Waals surface area contributed by atoms with Crippen molar-refractivity contribution >= 4 is 18.3 Å². The van der Waals surface area contributed by atoms with Gasteiger partial charge >= 0.3 is 0 Å². The fourth-order valence-electron chi connectivity index (χ4n) is 2.24. The highest BCUT2D eigenvalue weighted by Gasteiger charge is 2.20. The molecule has 5 heteroatoms. The number of benzene rings is 1. The molecule has 1 aliphatic rings. The molecule has 1 amide bonds. The maximum absolute atomic E-state index is 10.9. The van der Waals surface area contributed by atoms with Gasteiger partial charge in [-0.25, -0.2) is 0 Å². The largest absolute Gasteiger partial charge is 0.366 e. The standard InChI is InChI=1S/C13H19N3O.ClH/c1-15-12-6-7-16(9-12)8-10-2-4-11(5-3-10)13(14)17;/h2-5,12,15H,6-9H2,1H3,(H2,14,17);1H. The van der Waals surface area contributed by atoms with E-state index in [1.807, 2.05) is 19.2 Å². The molecule has 0 spiro atoms. The third kappa shape index (κ3) is 3.70. The highest BCUT2D eigenvalue weighted by molar-refractivity contribution is 5.92. The lowest BCUT2D eigenvalue weighted by Crippen LogP contribution is -2.29. The van der Waals surface area contributed by atoms with Gasteiger partial charge in [0.05, 0.1) is 0 Å². The zero-order chi connectivity index (χ0) is 12.3. The highest BCUT2D eigenvalue weighted by Crippen LogP contribution is 2.13. The Balaban J connectivity index is 0.00000162. The van der Waals surface area contributed by atoms with Gasteiger partial charge in [-0.1, -0.05) is 12.1 Å². The van der Waals surface area contributed by atoms with Crippen LogP contribution < -0.4 is 11.1 Å². The smallest absolute Gasteiger partial charge is 0.248 e. The topological polar surface area (TPSA) is 58.4 Å². The molecule has 1 aromatic rings. The minimum Gasteiger partial charge on any atom is -0.366 e. The Kier molecular flexibility index (Phi) is 5.59. The van der Waals surface area contributed by atoms with Gasteiger partial charge in [0.1, 0.15) is 0 Å². The second-order valence-electron chi connectivity index (χ2n) is 4.57. The molecule has 2 rings (SSSR count). The van der Waals surface area contributed by atoms with Crippen LogP contribution >= 0.6 is 12.4 Å². The molecular weight excluding hydrogens is 250 g/mol. The first-order chi connectivity index (χ1) is 8.19. The van der Waals surface area contributed by atoms with E-state index < -0.39 is 0 Å². The van der Waals surface area contributed by atoms with Crippen molar-refractivity contribution in [1.29, 1.82) is 0 Å². The maximum atomic E-state index is 10.9. The molecule has 100 valence electrons. The maximum Gasteiger partial charge on any atom is 0.248 e. The van der Waals surface area contributed by atoms with E-state index in [2.05, 4.69) is 10.2 Å². The van der Waals surface area contributed by atoms with E-state index in [9.17, 15) is 4.79 Å². The van der Waals surface area contributed by atoms with Gasteiger partial charge in [0.25, 0.3) is 0 Å². The van der Waals surface area contributed by atoms with Crippen LogP contribution in [0.2, 0.25) is 0 Å². The van der Waals surface area contributed by atoms with E-state index in [0.29, 0.717) is 11.6 Å². The molecule has 0 radical (unpaired) electrons. The van der Waals surface area contributed by atoms with Crippen molar-refractivity contribution in [3.8, 4) is 0 Å². The number of likely N-dealkylation sites (tertiary alicyclic amines) is 1. The van der Waals surface area contributed by atoms with Crippen molar-refractivity contribution in [2.45, 2.75) is 19.0 Å². The zero-order valence-electron chi connectivity index (χ0n) is 10.6. The Morgan fingerprint density at radius 3 is 2.61 bits per heavy atom. The van der Waals surface area contributed by atoms with Gasteiger partial charge in [-0.2, -0.15) is 0 Å². The summed E-state index contributed by atoms with van der Waals surface area (Å²) in [6, 6.07) is 8.16.